The number of carbonyl (C=O) groups is 1. The highest BCUT2D eigenvalue weighted by Gasteiger charge is 2.13. The Labute approximate surface area is 80.1 Å². The van der Waals surface area contributed by atoms with Crippen LogP contribution in [-0.4, -0.2) is 28.0 Å². The molecule has 72 valence electrons. The molecule has 0 spiro atoms. The second-order valence-electron chi connectivity index (χ2n) is 2.90. The van der Waals surface area contributed by atoms with Crippen molar-refractivity contribution in [2.75, 3.05) is 7.11 Å². The number of rotatable bonds is 1. The minimum atomic E-state index is -0.384. The SMILES string of the molecule is COC(=O)c1cc(C)nc2nc[nH]c12. The van der Waals surface area contributed by atoms with E-state index < -0.39 is 0 Å². The Hall–Kier alpha value is -1.91. The lowest BCUT2D eigenvalue weighted by atomic mass is 10.2. The third-order valence-electron chi connectivity index (χ3n) is 1.93. The number of esters is 1. The topological polar surface area (TPSA) is 67.9 Å². The van der Waals surface area contributed by atoms with Gasteiger partial charge < -0.3 is 9.72 Å². The third kappa shape index (κ3) is 1.22. The highest BCUT2D eigenvalue weighted by Crippen LogP contribution is 2.14. The van der Waals surface area contributed by atoms with E-state index in [2.05, 4.69) is 19.7 Å². The normalized spacial score (nSPS) is 10.4. The molecule has 0 aliphatic rings. The van der Waals surface area contributed by atoms with Gasteiger partial charge in [0.1, 0.15) is 0 Å². The number of aromatic nitrogens is 3. The van der Waals surface area contributed by atoms with Crippen molar-refractivity contribution in [3.63, 3.8) is 0 Å². The van der Waals surface area contributed by atoms with Crippen LogP contribution in [0.5, 0.6) is 0 Å². The molecule has 5 heteroatoms. The number of aromatic amines is 1. The molecule has 2 rings (SSSR count). The van der Waals surface area contributed by atoms with Crippen LogP contribution < -0.4 is 0 Å². The Morgan fingerprint density at radius 2 is 2.36 bits per heavy atom. The lowest BCUT2D eigenvalue weighted by molar-refractivity contribution is 0.0602. The number of fused-ring (bicyclic) bond motifs is 1. The molecule has 0 aromatic carbocycles. The van der Waals surface area contributed by atoms with Gasteiger partial charge in [0.05, 0.1) is 24.5 Å². The van der Waals surface area contributed by atoms with Gasteiger partial charge in [-0.15, -0.1) is 0 Å². The molecule has 2 aromatic rings. The molecule has 0 atom stereocenters. The summed E-state index contributed by atoms with van der Waals surface area (Å²) < 4.78 is 4.65. The molecular formula is C9H9N3O2. The predicted octanol–water partition coefficient (Wildman–Crippen LogP) is 1.05. The Balaban J connectivity index is 2.72. The summed E-state index contributed by atoms with van der Waals surface area (Å²) in [6.45, 7) is 1.81. The van der Waals surface area contributed by atoms with Gasteiger partial charge in [-0.05, 0) is 13.0 Å². The van der Waals surface area contributed by atoms with Crippen LogP contribution in [0.3, 0.4) is 0 Å². The molecule has 2 aromatic heterocycles. The molecular weight excluding hydrogens is 182 g/mol. The van der Waals surface area contributed by atoms with Gasteiger partial charge in [0.15, 0.2) is 5.65 Å². The highest BCUT2D eigenvalue weighted by atomic mass is 16.5. The largest absolute Gasteiger partial charge is 0.465 e. The van der Waals surface area contributed by atoms with Crippen LogP contribution in [0.15, 0.2) is 12.4 Å². The molecule has 0 saturated heterocycles. The fourth-order valence-electron chi connectivity index (χ4n) is 1.32. The van der Waals surface area contributed by atoms with Gasteiger partial charge in [-0.1, -0.05) is 0 Å². The summed E-state index contributed by atoms with van der Waals surface area (Å²) in [5, 5.41) is 0. The maximum absolute atomic E-state index is 11.4. The summed E-state index contributed by atoms with van der Waals surface area (Å²) in [5.41, 5.74) is 2.35. The molecule has 14 heavy (non-hydrogen) atoms. The van der Waals surface area contributed by atoms with Crippen molar-refractivity contribution in [2.45, 2.75) is 6.92 Å². The molecule has 0 unspecified atom stereocenters. The number of nitrogens with zero attached hydrogens (tertiary/aromatic N) is 2. The van der Waals surface area contributed by atoms with E-state index >= 15 is 0 Å². The first-order valence-electron chi connectivity index (χ1n) is 4.11. The van der Waals surface area contributed by atoms with E-state index in [0.29, 0.717) is 16.7 Å². The standard InChI is InChI=1S/C9H9N3O2/c1-5-3-6(9(13)14-2)7-8(12-5)11-4-10-7/h3-4H,1-2H3,(H,10,11,12). The van der Waals surface area contributed by atoms with Crippen molar-refractivity contribution >= 4 is 17.1 Å². The molecule has 0 bridgehead atoms. The smallest absolute Gasteiger partial charge is 0.340 e. The first-order valence-corrected chi connectivity index (χ1v) is 4.11. The first kappa shape index (κ1) is 8.68. The summed E-state index contributed by atoms with van der Waals surface area (Å²) in [6.07, 6.45) is 1.50. The van der Waals surface area contributed by atoms with Crippen LogP contribution in [-0.2, 0) is 4.74 Å². The predicted molar refractivity (Wildman–Crippen MR) is 50.0 cm³/mol. The maximum Gasteiger partial charge on any atom is 0.340 e. The van der Waals surface area contributed by atoms with Gasteiger partial charge in [0, 0.05) is 5.69 Å². The minimum Gasteiger partial charge on any atom is -0.465 e. The van der Waals surface area contributed by atoms with Crippen LogP contribution in [0, 0.1) is 6.92 Å². The lowest BCUT2D eigenvalue weighted by Crippen LogP contribution is -2.03. The minimum absolute atomic E-state index is 0.384. The first-order chi connectivity index (χ1) is 6.72. The summed E-state index contributed by atoms with van der Waals surface area (Å²) in [5.74, 6) is -0.384. The summed E-state index contributed by atoms with van der Waals surface area (Å²) in [4.78, 5) is 22.4. The molecule has 0 amide bonds. The van der Waals surface area contributed by atoms with Gasteiger partial charge >= 0.3 is 5.97 Å². The number of nitrogens with one attached hydrogen (secondary N) is 1. The Morgan fingerprint density at radius 1 is 1.57 bits per heavy atom. The van der Waals surface area contributed by atoms with Crippen molar-refractivity contribution in [2.24, 2.45) is 0 Å². The van der Waals surface area contributed by atoms with Gasteiger partial charge in [-0.3, -0.25) is 0 Å². The highest BCUT2D eigenvalue weighted by molar-refractivity contribution is 6.00. The zero-order valence-corrected chi connectivity index (χ0v) is 7.87. The van der Waals surface area contributed by atoms with E-state index in [1.165, 1.54) is 13.4 Å². The average molecular weight is 191 g/mol. The second-order valence-corrected chi connectivity index (χ2v) is 2.90. The molecule has 0 aliphatic heterocycles. The van der Waals surface area contributed by atoms with E-state index in [-0.39, 0.29) is 5.97 Å². The van der Waals surface area contributed by atoms with Crippen molar-refractivity contribution in [3.8, 4) is 0 Å². The van der Waals surface area contributed by atoms with Crippen LogP contribution in [0.4, 0.5) is 0 Å². The van der Waals surface area contributed by atoms with Crippen molar-refractivity contribution in [1.29, 1.82) is 0 Å². The zero-order valence-electron chi connectivity index (χ0n) is 7.87. The van der Waals surface area contributed by atoms with Crippen LogP contribution in [0.1, 0.15) is 16.1 Å². The Kier molecular flexibility index (Phi) is 1.92. The van der Waals surface area contributed by atoms with Gasteiger partial charge in [0.2, 0.25) is 0 Å². The van der Waals surface area contributed by atoms with Crippen LogP contribution >= 0.6 is 0 Å². The monoisotopic (exact) mass is 191 g/mol. The van der Waals surface area contributed by atoms with Crippen LogP contribution in [0.25, 0.3) is 11.2 Å². The van der Waals surface area contributed by atoms with Crippen molar-refractivity contribution in [1.82, 2.24) is 15.0 Å². The number of aryl methyl sites for hydroxylation is 1. The molecule has 2 heterocycles. The van der Waals surface area contributed by atoms with E-state index in [1.54, 1.807) is 13.0 Å². The average Bonchev–Trinajstić information content (AvgIpc) is 2.62. The van der Waals surface area contributed by atoms with Gasteiger partial charge in [-0.2, -0.15) is 0 Å². The second kappa shape index (κ2) is 3.10. The van der Waals surface area contributed by atoms with Crippen LogP contribution in [0.2, 0.25) is 0 Å². The fraction of sp³-hybridized carbons (Fsp3) is 0.222. The summed E-state index contributed by atoms with van der Waals surface area (Å²) in [6, 6.07) is 1.67. The molecule has 0 aliphatic carbocycles. The van der Waals surface area contributed by atoms with E-state index in [0.717, 1.165) is 5.69 Å². The molecule has 1 N–H and O–H groups in total. The van der Waals surface area contributed by atoms with E-state index in [4.69, 9.17) is 0 Å². The maximum atomic E-state index is 11.4. The summed E-state index contributed by atoms with van der Waals surface area (Å²) >= 11 is 0. The molecule has 5 nitrogen and oxygen atoms in total. The number of pyridine rings is 1. The Morgan fingerprint density at radius 3 is 3.07 bits per heavy atom. The van der Waals surface area contributed by atoms with Crippen molar-refractivity contribution in [3.05, 3.63) is 23.7 Å². The number of carbonyl (C=O) groups excluding carboxylic acids is 1. The molecule has 0 saturated carbocycles. The fourth-order valence-corrected chi connectivity index (χ4v) is 1.32. The van der Waals surface area contributed by atoms with Crippen molar-refractivity contribution < 1.29 is 9.53 Å². The number of imidazole rings is 1. The zero-order chi connectivity index (χ0) is 10.1. The van der Waals surface area contributed by atoms with E-state index in [9.17, 15) is 4.79 Å². The number of hydrogen-bond acceptors (Lipinski definition) is 4. The third-order valence-corrected chi connectivity index (χ3v) is 1.93. The number of hydrogen-bond donors (Lipinski definition) is 1. The molecule has 0 fully saturated rings. The Bertz CT molecular complexity index is 490. The number of H-pyrrole nitrogens is 1. The lowest BCUT2D eigenvalue weighted by Gasteiger charge is -2.01. The quantitative estimate of drug-likeness (QED) is 0.684. The van der Waals surface area contributed by atoms with Gasteiger partial charge in [0.25, 0.3) is 0 Å². The summed E-state index contributed by atoms with van der Waals surface area (Å²) in [7, 11) is 1.35. The molecule has 0 radical (unpaired) electrons. The number of ether oxygens (including phenoxy) is 1. The van der Waals surface area contributed by atoms with E-state index in [1.807, 2.05) is 0 Å². The van der Waals surface area contributed by atoms with Gasteiger partial charge in [-0.25, -0.2) is 14.8 Å². The number of methoxy groups -OCH3 is 1.